The number of aromatic nitrogens is 2. The molecule has 2 heterocycles. The Morgan fingerprint density at radius 1 is 1.26 bits per heavy atom. The number of halogens is 1. The minimum absolute atomic E-state index is 0.0845. The van der Waals surface area contributed by atoms with Crippen LogP contribution in [0.25, 0.3) is 0 Å². The molecule has 2 aromatic heterocycles. The van der Waals surface area contributed by atoms with Crippen molar-refractivity contribution in [3.63, 3.8) is 0 Å². The Kier molecular flexibility index (Phi) is 5.36. The minimum atomic E-state index is 0.0845. The largest absolute Gasteiger partial charge is 0.326 e. The summed E-state index contributed by atoms with van der Waals surface area (Å²) in [7, 11) is 0. The zero-order chi connectivity index (χ0) is 13.7. The summed E-state index contributed by atoms with van der Waals surface area (Å²) in [5, 5.41) is 1.15. The lowest BCUT2D eigenvalue weighted by Gasteiger charge is -2.22. The Balaban J connectivity index is 2.27. The quantitative estimate of drug-likeness (QED) is 0.843. The van der Waals surface area contributed by atoms with E-state index in [0.29, 0.717) is 0 Å². The van der Waals surface area contributed by atoms with Gasteiger partial charge in [0.2, 0.25) is 0 Å². The van der Waals surface area contributed by atoms with Gasteiger partial charge in [-0.05, 0) is 52.2 Å². The van der Waals surface area contributed by atoms with Crippen molar-refractivity contribution in [1.29, 1.82) is 0 Å². The van der Waals surface area contributed by atoms with Crippen LogP contribution in [0.4, 0.5) is 0 Å². The standard InChI is InChI=1S/C14H16BrN3S/c1-2-12(16)13(10-5-8-17-9-6-10)19-14-11(15)4-3-7-18-14/h3-9,12-13H,2,16H2,1H3. The van der Waals surface area contributed by atoms with Crippen LogP contribution in [0.5, 0.6) is 0 Å². The summed E-state index contributed by atoms with van der Waals surface area (Å²) in [5.74, 6) is 0. The molecule has 0 aliphatic rings. The van der Waals surface area contributed by atoms with E-state index in [1.54, 1.807) is 30.4 Å². The Labute approximate surface area is 126 Å². The van der Waals surface area contributed by atoms with Crippen molar-refractivity contribution in [2.24, 2.45) is 5.73 Å². The van der Waals surface area contributed by atoms with Crippen LogP contribution in [-0.2, 0) is 0 Å². The first kappa shape index (κ1) is 14.5. The van der Waals surface area contributed by atoms with E-state index in [1.807, 2.05) is 24.3 Å². The molecule has 0 radical (unpaired) electrons. The van der Waals surface area contributed by atoms with Crippen molar-refractivity contribution in [3.8, 4) is 0 Å². The summed E-state index contributed by atoms with van der Waals surface area (Å²) in [5.41, 5.74) is 7.45. The fourth-order valence-electron chi connectivity index (χ4n) is 1.75. The highest BCUT2D eigenvalue weighted by molar-refractivity contribution is 9.10. The molecule has 2 unspecified atom stereocenters. The molecule has 0 amide bonds. The molecule has 2 rings (SSSR count). The molecule has 5 heteroatoms. The highest BCUT2D eigenvalue weighted by Gasteiger charge is 2.21. The first-order chi connectivity index (χ1) is 9.22. The third-order valence-corrected chi connectivity index (χ3v) is 5.18. The summed E-state index contributed by atoms with van der Waals surface area (Å²) in [6.45, 7) is 2.10. The van der Waals surface area contributed by atoms with E-state index in [2.05, 4.69) is 32.8 Å². The zero-order valence-corrected chi connectivity index (χ0v) is 13.1. The lowest BCUT2D eigenvalue weighted by Crippen LogP contribution is -2.25. The van der Waals surface area contributed by atoms with Gasteiger partial charge < -0.3 is 5.73 Å². The van der Waals surface area contributed by atoms with Crippen molar-refractivity contribution >= 4 is 27.7 Å². The molecule has 2 atom stereocenters. The van der Waals surface area contributed by atoms with Gasteiger partial charge in [0.05, 0.1) is 5.25 Å². The second-order valence-corrected chi connectivity index (χ2v) is 6.17. The highest BCUT2D eigenvalue weighted by atomic mass is 79.9. The topological polar surface area (TPSA) is 51.8 Å². The molecule has 19 heavy (non-hydrogen) atoms. The molecule has 0 saturated carbocycles. The van der Waals surface area contributed by atoms with Gasteiger partial charge in [0.25, 0.3) is 0 Å². The maximum Gasteiger partial charge on any atom is 0.111 e. The van der Waals surface area contributed by atoms with E-state index in [1.165, 1.54) is 5.56 Å². The van der Waals surface area contributed by atoms with Crippen molar-refractivity contribution < 1.29 is 0 Å². The first-order valence-corrected chi connectivity index (χ1v) is 7.82. The monoisotopic (exact) mass is 337 g/mol. The summed E-state index contributed by atoms with van der Waals surface area (Å²) in [6, 6.07) is 8.03. The van der Waals surface area contributed by atoms with Crippen molar-refractivity contribution in [2.45, 2.75) is 29.7 Å². The molecule has 3 nitrogen and oxygen atoms in total. The van der Waals surface area contributed by atoms with Gasteiger partial charge in [-0.2, -0.15) is 0 Å². The van der Waals surface area contributed by atoms with Gasteiger partial charge in [-0.25, -0.2) is 4.98 Å². The average Bonchev–Trinajstić information content (AvgIpc) is 2.46. The Morgan fingerprint density at radius 2 is 2.00 bits per heavy atom. The maximum absolute atomic E-state index is 6.26. The number of pyridine rings is 2. The number of thioether (sulfide) groups is 1. The summed E-state index contributed by atoms with van der Waals surface area (Å²) >= 11 is 5.22. The fraction of sp³-hybridized carbons (Fsp3) is 0.286. The smallest absolute Gasteiger partial charge is 0.111 e. The molecule has 0 spiro atoms. The molecule has 0 saturated heterocycles. The second kappa shape index (κ2) is 7.03. The van der Waals surface area contributed by atoms with Gasteiger partial charge in [-0.15, -0.1) is 0 Å². The van der Waals surface area contributed by atoms with E-state index < -0.39 is 0 Å². The molecule has 100 valence electrons. The number of nitrogens with two attached hydrogens (primary N) is 1. The number of nitrogens with zero attached hydrogens (tertiary/aromatic N) is 2. The van der Waals surface area contributed by atoms with Crippen LogP contribution in [0, 0.1) is 0 Å². The van der Waals surface area contributed by atoms with Crippen LogP contribution in [0.3, 0.4) is 0 Å². The van der Waals surface area contributed by atoms with Crippen LogP contribution in [0.1, 0.15) is 24.2 Å². The van der Waals surface area contributed by atoms with Gasteiger partial charge in [0.15, 0.2) is 0 Å². The van der Waals surface area contributed by atoms with E-state index >= 15 is 0 Å². The maximum atomic E-state index is 6.26. The second-order valence-electron chi connectivity index (χ2n) is 4.18. The van der Waals surface area contributed by atoms with Gasteiger partial charge in [0.1, 0.15) is 5.03 Å². The molecule has 0 bridgehead atoms. The van der Waals surface area contributed by atoms with Crippen LogP contribution >= 0.6 is 27.7 Å². The Morgan fingerprint density at radius 3 is 2.63 bits per heavy atom. The Hall–Kier alpha value is -0.910. The molecule has 0 aliphatic carbocycles. The molecule has 0 fully saturated rings. The zero-order valence-electron chi connectivity index (χ0n) is 10.7. The molecule has 0 aliphatic heterocycles. The van der Waals surface area contributed by atoms with Crippen LogP contribution in [0.2, 0.25) is 0 Å². The van der Waals surface area contributed by atoms with Gasteiger partial charge >= 0.3 is 0 Å². The average molecular weight is 338 g/mol. The molecule has 2 aromatic rings. The SMILES string of the molecule is CCC(N)C(Sc1ncccc1Br)c1ccncc1. The minimum Gasteiger partial charge on any atom is -0.326 e. The lowest BCUT2D eigenvalue weighted by molar-refractivity contribution is 0.633. The van der Waals surface area contributed by atoms with Gasteiger partial charge in [-0.1, -0.05) is 18.7 Å². The summed E-state index contributed by atoms with van der Waals surface area (Å²) < 4.78 is 1.00. The molecule has 2 N–H and O–H groups in total. The van der Waals surface area contributed by atoms with Gasteiger partial charge in [0, 0.05) is 29.1 Å². The van der Waals surface area contributed by atoms with Crippen LogP contribution < -0.4 is 5.73 Å². The molecule has 0 aromatic carbocycles. The Bertz CT molecular complexity index is 521. The van der Waals surface area contributed by atoms with Crippen LogP contribution in [0.15, 0.2) is 52.4 Å². The van der Waals surface area contributed by atoms with Gasteiger partial charge in [-0.3, -0.25) is 4.98 Å². The molecular weight excluding hydrogens is 322 g/mol. The molecular formula is C14H16BrN3S. The normalized spacial score (nSPS) is 14.1. The number of hydrogen-bond donors (Lipinski definition) is 1. The predicted octanol–water partition coefficient (Wildman–Crippen LogP) is 3.81. The van der Waals surface area contributed by atoms with E-state index in [0.717, 1.165) is 15.9 Å². The van der Waals surface area contributed by atoms with Crippen molar-refractivity contribution in [1.82, 2.24) is 9.97 Å². The van der Waals surface area contributed by atoms with E-state index in [4.69, 9.17) is 5.73 Å². The van der Waals surface area contributed by atoms with Crippen molar-refractivity contribution in [3.05, 3.63) is 52.9 Å². The summed E-state index contributed by atoms with van der Waals surface area (Å²) in [6.07, 6.45) is 6.33. The van der Waals surface area contributed by atoms with Crippen molar-refractivity contribution in [2.75, 3.05) is 0 Å². The van der Waals surface area contributed by atoms with E-state index in [-0.39, 0.29) is 11.3 Å². The van der Waals surface area contributed by atoms with E-state index in [9.17, 15) is 0 Å². The highest BCUT2D eigenvalue weighted by Crippen LogP contribution is 2.39. The number of hydrogen-bond acceptors (Lipinski definition) is 4. The first-order valence-electron chi connectivity index (χ1n) is 6.15. The third-order valence-electron chi connectivity index (χ3n) is 2.86. The number of rotatable bonds is 5. The third kappa shape index (κ3) is 3.78. The fourth-order valence-corrected chi connectivity index (χ4v) is 3.49. The predicted molar refractivity (Wildman–Crippen MR) is 83.0 cm³/mol. The lowest BCUT2D eigenvalue weighted by atomic mass is 10.1. The summed E-state index contributed by atoms with van der Waals surface area (Å²) in [4.78, 5) is 8.47. The van der Waals surface area contributed by atoms with Crippen LogP contribution in [-0.4, -0.2) is 16.0 Å².